The van der Waals surface area contributed by atoms with Gasteiger partial charge in [0.25, 0.3) is 0 Å². The topological polar surface area (TPSA) is 45.4 Å². The van der Waals surface area contributed by atoms with Crippen molar-refractivity contribution in [3.05, 3.63) is 77.1 Å². The smallest absolute Gasteiger partial charge is 0.227 e. The number of ether oxygens (including phenoxy) is 1. The van der Waals surface area contributed by atoms with E-state index >= 15 is 0 Å². The van der Waals surface area contributed by atoms with Gasteiger partial charge < -0.3 is 14.4 Å². The molecule has 0 aliphatic rings. The molecule has 38 heavy (non-hydrogen) atoms. The lowest BCUT2D eigenvalue weighted by molar-refractivity contribution is -0.590. The van der Waals surface area contributed by atoms with Crippen LogP contribution in [0.5, 0.6) is 5.75 Å². The second kappa shape index (κ2) is 15.3. The van der Waals surface area contributed by atoms with Gasteiger partial charge >= 0.3 is 0 Å². The summed E-state index contributed by atoms with van der Waals surface area (Å²) in [5, 5.41) is 14.3. The molecule has 0 saturated heterocycles. The molecule has 0 fully saturated rings. The molecule has 1 radical (unpaired) electrons. The third kappa shape index (κ3) is 10.1. The van der Waals surface area contributed by atoms with Gasteiger partial charge in [-0.15, -0.1) is 0 Å². The van der Waals surface area contributed by atoms with E-state index in [2.05, 4.69) is 46.0 Å². The molecule has 0 amide bonds. The Morgan fingerprint density at radius 1 is 0.816 bits per heavy atom. The van der Waals surface area contributed by atoms with Crippen LogP contribution in [0.2, 0.25) is 13.1 Å². The molecular weight excluding hydrogens is 486 g/mol. The summed E-state index contributed by atoms with van der Waals surface area (Å²) in [6, 6.07) is 19.8. The molecular formula is C33H48NO3Si. The minimum Gasteiger partial charge on any atom is -0.618 e. The lowest BCUT2D eigenvalue weighted by Gasteiger charge is -2.21. The molecule has 3 rings (SSSR count). The molecule has 0 N–H and O–H groups in total. The second-order valence-electron chi connectivity index (χ2n) is 12.0. The molecule has 207 valence electrons. The number of fused-ring (bicyclic) bond motifs is 1. The molecule has 0 aliphatic carbocycles. The lowest BCUT2D eigenvalue weighted by Crippen LogP contribution is -2.36. The van der Waals surface area contributed by atoms with Crippen LogP contribution < -0.4 is 9.47 Å². The minimum absolute atomic E-state index is 0.211. The monoisotopic (exact) mass is 534 g/mol. The summed E-state index contributed by atoms with van der Waals surface area (Å²) in [5.74, 6) is 0.743. The number of rotatable bonds is 16. The number of nitrogens with zero attached hydrogens (tertiary/aromatic N) is 1. The van der Waals surface area contributed by atoms with Gasteiger partial charge in [-0.3, -0.25) is 0 Å². The fourth-order valence-corrected chi connectivity index (χ4v) is 5.75. The zero-order chi connectivity index (χ0) is 27.4. The van der Waals surface area contributed by atoms with Crippen LogP contribution in [0.25, 0.3) is 10.9 Å². The molecule has 0 bridgehead atoms. The van der Waals surface area contributed by atoms with Gasteiger partial charge in [0, 0.05) is 6.07 Å². The van der Waals surface area contributed by atoms with Crippen LogP contribution in [-0.2, 0) is 11.0 Å². The van der Waals surface area contributed by atoms with Crippen molar-refractivity contribution in [3.8, 4) is 5.75 Å². The standard InChI is InChI=1S/C33H48NO3Si/c1-33(2,3)24-18-11-9-7-6-8-10-15-23-31(37-38(4)5)30-25-32(36-26-27-19-13-12-14-20-27)28-21-16-17-22-29(28)34(30)35/h12-14,16-17,19-22,25,31H,6-11,15,18,23-24,26H2,1-5H3. The van der Waals surface area contributed by atoms with Crippen LogP contribution in [0.4, 0.5) is 0 Å². The van der Waals surface area contributed by atoms with Crippen molar-refractivity contribution in [3.63, 3.8) is 0 Å². The van der Waals surface area contributed by atoms with Gasteiger partial charge in [0.15, 0.2) is 0 Å². The zero-order valence-corrected chi connectivity index (χ0v) is 25.3. The number of benzene rings is 2. The Kier molecular flexibility index (Phi) is 12.1. The highest BCUT2D eigenvalue weighted by Gasteiger charge is 2.26. The zero-order valence-electron chi connectivity index (χ0n) is 24.3. The Labute approximate surface area is 232 Å². The maximum absolute atomic E-state index is 13.5. The van der Waals surface area contributed by atoms with Gasteiger partial charge in [-0.2, -0.15) is 4.73 Å². The molecule has 1 unspecified atom stereocenters. The summed E-state index contributed by atoms with van der Waals surface area (Å²) in [6.45, 7) is 11.7. The number of para-hydroxylation sites is 1. The first-order valence-electron chi connectivity index (χ1n) is 14.5. The molecule has 3 aromatic rings. The second-order valence-corrected chi connectivity index (χ2v) is 14.0. The molecule has 0 aliphatic heterocycles. The van der Waals surface area contributed by atoms with Crippen molar-refractivity contribution in [2.75, 3.05) is 0 Å². The first kappa shape index (κ1) is 30.2. The summed E-state index contributed by atoms with van der Waals surface area (Å²) < 4.78 is 13.7. The predicted octanol–water partition coefficient (Wildman–Crippen LogP) is 9.31. The van der Waals surface area contributed by atoms with Crippen molar-refractivity contribution >= 4 is 19.9 Å². The molecule has 1 atom stereocenters. The number of aromatic nitrogens is 1. The predicted molar refractivity (Wildman–Crippen MR) is 161 cm³/mol. The molecule has 1 aromatic heterocycles. The summed E-state index contributed by atoms with van der Waals surface area (Å²) in [7, 11) is -0.980. The van der Waals surface area contributed by atoms with E-state index < -0.39 is 9.04 Å². The van der Waals surface area contributed by atoms with E-state index in [-0.39, 0.29) is 6.10 Å². The van der Waals surface area contributed by atoms with E-state index in [4.69, 9.17) is 9.16 Å². The van der Waals surface area contributed by atoms with Gasteiger partial charge in [-0.05, 0) is 43.0 Å². The Morgan fingerprint density at radius 3 is 2.08 bits per heavy atom. The van der Waals surface area contributed by atoms with E-state index in [0.29, 0.717) is 23.2 Å². The summed E-state index contributed by atoms with van der Waals surface area (Å²) in [6.07, 6.45) is 12.1. The van der Waals surface area contributed by atoms with Gasteiger partial charge in [0.05, 0.1) is 11.5 Å². The van der Waals surface area contributed by atoms with E-state index in [1.54, 1.807) is 0 Å². The molecule has 0 spiro atoms. The fourth-order valence-electron chi connectivity index (χ4n) is 4.94. The molecule has 0 saturated carbocycles. The highest BCUT2D eigenvalue weighted by atomic mass is 28.3. The average Bonchev–Trinajstić information content (AvgIpc) is 2.88. The Hall–Kier alpha value is -2.37. The van der Waals surface area contributed by atoms with Gasteiger partial charge in [0.2, 0.25) is 20.3 Å². The molecule has 1 heterocycles. The van der Waals surface area contributed by atoms with Crippen LogP contribution in [0.3, 0.4) is 0 Å². The fraction of sp³-hybridized carbons (Fsp3) is 0.545. The third-order valence-corrected chi connectivity index (χ3v) is 7.75. The summed E-state index contributed by atoms with van der Waals surface area (Å²) >= 11 is 0. The van der Waals surface area contributed by atoms with Crippen molar-refractivity contribution in [2.45, 2.75) is 111 Å². The minimum atomic E-state index is -0.980. The van der Waals surface area contributed by atoms with Crippen LogP contribution in [0.1, 0.15) is 102 Å². The first-order chi connectivity index (χ1) is 18.2. The summed E-state index contributed by atoms with van der Waals surface area (Å²) in [4.78, 5) is 0. The van der Waals surface area contributed by atoms with Crippen molar-refractivity contribution in [1.82, 2.24) is 0 Å². The first-order valence-corrected chi connectivity index (χ1v) is 16.9. The largest absolute Gasteiger partial charge is 0.618 e. The Bertz CT molecular complexity index is 1090. The normalized spacial score (nSPS) is 12.8. The summed E-state index contributed by atoms with van der Waals surface area (Å²) in [5.41, 5.74) is 2.86. The third-order valence-electron chi connectivity index (χ3n) is 6.99. The van der Waals surface area contributed by atoms with Gasteiger partial charge in [-0.25, -0.2) is 0 Å². The Balaban J connectivity index is 1.60. The maximum atomic E-state index is 13.5. The maximum Gasteiger partial charge on any atom is 0.227 e. The quantitative estimate of drug-likeness (QED) is 0.0796. The Morgan fingerprint density at radius 2 is 1.42 bits per heavy atom. The number of hydrogen-bond donors (Lipinski definition) is 0. The van der Waals surface area contributed by atoms with Crippen LogP contribution in [0.15, 0.2) is 60.7 Å². The van der Waals surface area contributed by atoms with Crippen molar-refractivity contribution < 1.29 is 13.9 Å². The van der Waals surface area contributed by atoms with E-state index in [9.17, 15) is 5.21 Å². The van der Waals surface area contributed by atoms with Crippen LogP contribution in [-0.4, -0.2) is 9.04 Å². The highest BCUT2D eigenvalue weighted by molar-refractivity contribution is 6.48. The van der Waals surface area contributed by atoms with Crippen LogP contribution in [0, 0.1) is 10.6 Å². The SMILES string of the molecule is C[Si](C)OC(CCCCCCCCCCC(C)(C)C)c1cc(OCc2ccccc2)c2ccccc2[n+]1[O-]. The molecule has 2 aromatic carbocycles. The van der Waals surface area contributed by atoms with E-state index in [1.165, 1.54) is 51.4 Å². The molecule has 5 heteroatoms. The number of pyridine rings is 1. The molecule has 4 nitrogen and oxygen atoms in total. The lowest BCUT2D eigenvalue weighted by atomic mass is 9.89. The number of hydrogen-bond acceptors (Lipinski definition) is 3. The average molecular weight is 535 g/mol. The van der Waals surface area contributed by atoms with Gasteiger partial charge in [-0.1, -0.05) is 115 Å². The van der Waals surface area contributed by atoms with Crippen molar-refractivity contribution in [1.29, 1.82) is 0 Å². The van der Waals surface area contributed by atoms with Crippen LogP contribution >= 0.6 is 0 Å². The van der Waals surface area contributed by atoms with Gasteiger partial charge in [0.1, 0.15) is 18.5 Å². The highest BCUT2D eigenvalue weighted by Crippen LogP contribution is 2.31. The van der Waals surface area contributed by atoms with Crippen molar-refractivity contribution in [2.24, 2.45) is 5.41 Å². The van der Waals surface area contributed by atoms with E-state index in [0.717, 1.165) is 34.3 Å². The number of unbranched alkanes of at least 4 members (excludes halogenated alkanes) is 7. The van der Waals surface area contributed by atoms with E-state index in [1.807, 2.05) is 48.5 Å².